The summed E-state index contributed by atoms with van der Waals surface area (Å²) in [5.74, 6) is 2.66. The third-order valence-electron chi connectivity index (χ3n) is 3.82. The molecule has 2 nitrogen and oxygen atoms in total. The summed E-state index contributed by atoms with van der Waals surface area (Å²) in [6.45, 7) is 0. The van der Waals surface area contributed by atoms with Crippen LogP contribution in [0.2, 0.25) is 0 Å². The topological polar surface area (TPSA) is 26.0 Å². The first kappa shape index (κ1) is 9.23. The molecule has 1 saturated carbocycles. The Morgan fingerprint density at radius 1 is 1.24 bits per heavy atom. The van der Waals surface area contributed by atoms with Gasteiger partial charge in [0.05, 0.1) is 6.20 Å². The van der Waals surface area contributed by atoms with Crippen molar-refractivity contribution in [1.82, 2.24) is 4.98 Å². The van der Waals surface area contributed by atoms with Crippen LogP contribution in [-0.2, 0) is 0 Å². The maximum absolute atomic E-state index is 5.34. The molecule has 1 heterocycles. The van der Waals surface area contributed by atoms with E-state index in [1.807, 2.05) is 0 Å². The summed E-state index contributed by atoms with van der Waals surface area (Å²) in [4.78, 5) is 3.96. The lowest BCUT2D eigenvalue weighted by molar-refractivity contribution is 0.572. The largest absolute Gasteiger partial charge is 0.444 e. The third-order valence-corrected chi connectivity index (χ3v) is 3.82. The lowest BCUT2D eigenvalue weighted by atomic mass is 10.0. The zero-order chi connectivity index (χ0) is 11.2. The number of hydrogen-bond acceptors (Lipinski definition) is 2. The van der Waals surface area contributed by atoms with E-state index in [0.717, 1.165) is 23.2 Å². The molecule has 0 aliphatic heterocycles. The predicted octanol–water partition coefficient (Wildman–Crippen LogP) is 3.76. The van der Waals surface area contributed by atoms with Gasteiger partial charge >= 0.3 is 0 Å². The van der Waals surface area contributed by atoms with Gasteiger partial charge in [0.1, 0.15) is 0 Å². The maximum atomic E-state index is 5.34. The van der Waals surface area contributed by atoms with Crippen LogP contribution in [0.25, 0.3) is 16.9 Å². The lowest BCUT2D eigenvalue weighted by Gasteiger charge is -2.05. The Labute approximate surface area is 100.0 Å². The number of rotatable bonds is 2. The average Bonchev–Trinajstić information content (AvgIpc) is 2.86. The molecule has 2 heteroatoms. The van der Waals surface area contributed by atoms with Crippen molar-refractivity contribution in [2.24, 2.45) is 11.8 Å². The van der Waals surface area contributed by atoms with Crippen LogP contribution in [0.5, 0.6) is 0 Å². The Bertz CT molecular complexity index is 583. The minimum atomic E-state index is 0.843. The summed E-state index contributed by atoms with van der Waals surface area (Å²) in [5, 5.41) is 0. The third kappa shape index (κ3) is 1.52. The van der Waals surface area contributed by atoms with E-state index in [-0.39, 0.29) is 0 Å². The highest BCUT2D eigenvalue weighted by molar-refractivity contribution is 5.73. The summed E-state index contributed by atoms with van der Waals surface area (Å²) in [5.41, 5.74) is 3.96. The fraction of sp³-hybridized carbons (Fsp3) is 0.267. The fourth-order valence-electron chi connectivity index (χ4n) is 2.76. The predicted molar refractivity (Wildman–Crippen MR) is 66.1 cm³/mol. The van der Waals surface area contributed by atoms with Gasteiger partial charge in [-0.05, 0) is 41.9 Å². The average molecular weight is 223 g/mol. The number of hydrogen-bond donors (Lipinski definition) is 0. The summed E-state index contributed by atoms with van der Waals surface area (Å²) in [6.07, 6.45) is 8.35. The summed E-state index contributed by atoms with van der Waals surface area (Å²) < 4.78 is 5.34. The molecular formula is C15H13NO. The molecule has 1 fully saturated rings. The highest BCUT2D eigenvalue weighted by Crippen LogP contribution is 2.52. The number of allylic oxidation sites excluding steroid dienone is 2. The molecule has 0 radical (unpaired) electrons. The van der Waals surface area contributed by atoms with Crippen LogP contribution in [0.1, 0.15) is 18.4 Å². The van der Waals surface area contributed by atoms with Gasteiger partial charge in [-0.2, -0.15) is 0 Å². The Kier molecular flexibility index (Phi) is 1.81. The second-order valence-electron chi connectivity index (χ2n) is 5.00. The van der Waals surface area contributed by atoms with Crippen LogP contribution in [0.4, 0.5) is 0 Å². The Hall–Kier alpha value is -1.83. The van der Waals surface area contributed by atoms with E-state index in [0.29, 0.717) is 0 Å². The van der Waals surface area contributed by atoms with E-state index < -0.39 is 0 Å². The Morgan fingerprint density at radius 2 is 2.18 bits per heavy atom. The SMILES string of the molecule is C1=C(c2cccc(-c3cnco3)c2)CC2CC12. The van der Waals surface area contributed by atoms with Crippen LogP contribution in [0.3, 0.4) is 0 Å². The number of aromatic nitrogens is 1. The van der Waals surface area contributed by atoms with Crippen molar-refractivity contribution in [3.8, 4) is 11.3 Å². The molecule has 0 spiro atoms. The quantitative estimate of drug-likeness (QED) is 0.774. The van der Waals surface area contributed by atoms with E-state index >= 15 is 0 Å². The molecular weight excluding hydrogens is 210 g/mol. The second kappa shape index (κ2) is 3.33. The van der Waals surface area contributed by atoms with Gasteiger partial charge in [-0.25, -0.2) is 4.98 Å². The zero-order valence-electron chi connectivity index (χ0n) is 9.47. The van der Waals surface area contributed by atoms with E-state index in [9.17, 15) is 0 Å². The van der Waals surface area contributed by atoms with Gasteiger partial charge in [-0.3, -0.25) is 0 Å². The first-order valence-corrected chi connectivity index (χ1v) is 6.10. The van der Waals surface area contributed by atoms with Crippen molar-refractivity contribution >= 4 is 5.57 Å². The molecule has 0 bridgehead atoms. The Balaban J connectivity index is 1.73. The second-order valence-corrected chi connectivity index (χ2v) is 5.00. The smallest absolute Gasteiger partial charge is 0.181 e. The number of oxazole rings is 1. The van der Waals surface area contributed by atoms with Crippen LogP contribution in [0.15, 0.2) is 47.3 Å². The first-order valence-electron chi connectivity index (χ1n) is 6.10. The number of fused-ring (bicyclic) bond motifs is 1. The van der Waals surface area contributed by atoms with Gasteiger partial charge in [-0.15, -0.1) is 0 Å². The van der Waals surface area contributed by atoms with Gasteiger partial charge in [0.15, 0.2) is 12.2 Å². The molecule has 1 aromatic heterocycles. The van der Waals surface area contributed by atoms with E-state index in [1.165, 1.54) is 30.4 Å². The van der Waals surface area contributed by atoms with Gasteiger partial charge in [0, 0.05) is 5.56 Å². The molecule has 2 aliphatic carbocycles. The van der Waals surface area contributed by atoms with Gasteiger partial charge in [0.2, 0.25) is 0 Å². The summed E-state index contributed by atoms with van der Waals surface area (Å²) in [7, 11) is 0. The fourth-order valence-corrected chi connectivity index (χ4v) is 2.76. The standard InChI is InChI=1S/C15H13NO/c1-2-10(12-5-13-7-14(13)6-12)4-11(3-1)15-8-16-9-17-15/h1-5,8-9,13-14H,6-7H2. The van der Waals surface area contributed by atoms with Crippen molar-refractivity contribution in [2.75, 3.05) is 0 Å². The number of nitrogens with zero attached hydrogens (tertiary/aromatic N) is 1. The molecule has 4 rings (SSSR count). The maximum Gasteiger partial charge on any atom is 0.181 e. The van der Waals surface area contributed by atoms with Crippen molar-refractivity contribution in [2.45, 2.75) is 12.8 Å². The molecule has 0 N–H and O–H groups in total. The molecule has 2 unspecified atom stereocenters. The summed E-state index contributed by atoms with van der Waals surface area (Å²) in [6, 6.07) is 8.56. The minimum Gasteiger partial charge on any atom is -0.444 e. The van der Waals surface area contributed by atoms with E-state index in [1.54, 1.807) is 6.20 Å². The highest BCUT2D eigenvalue weighted by atomic mass is 16.3. The molecule has 0 amide bonds. The molecule has 84 valence electrons. The van der Waals surface area contributed by atoms with Gasteiger partial charge in [0.25, 0.3) is 0 Å². The minimum absolute atomic E-state index is 0.843. The van der Waals surface area contributed by atoms with Crippen LogP contribution in [-0.4, -0.2) is 4.98 Å². The van der Waals surface area contributed by atoms with Gasteiger partial charge < -0.3 is 4.42 Å². The molecule has 2 aromatic rings. The van der Waals surface area contributed by atoms with Crippen LogP contribution in [0, 0.1) is 11.8 Å². The van der Waals surface area contributed by atoms with Crippen molar-refractivity contribution in [3.63, 3.8) is 0 Å². The van der Waals surface area contributed by atoms with E-state index in [4.69, 9.17) is 4.42 Å². The molecule has 0 saturated heterocycles. The zero-order valence-corrected chi connectivity index (χ0v) is 9.47. The Morgan fingerprint density at radius 3 is 2.94 bits per heavy atom. The van der Waals surface area contributed by atoms with Gasteiger partial charge in [-0.1, -0.05) is 24.3 Å². The number of benzene rings is 1. The van der Waals surface area contributed by atoms with Crippen LogP contribution >= 0.6 is 0 Å². The monoisotopic (exact) mass is 223 g/mol. The first-order chi connectivity index (χ1) is 8.40. The highest BCUT2D eigenvalue weighted by Gasteiger charge is 2.40. The molecule has 1 aromatic carbocycles. The van der Waals surface area contributed by atoms with E-state index in [2.05, 4.69) is 35.3 Å². The van der Waals surface area contributed by atoms with Crippen molar-refractivity contribution in [3.05, 3.63) is 48.5 Å². The van der Waals surface area contributed by atoms with Crippen molar-refractivity contribution < 1.29 is 4.42 Å². The normalized spacial score (nSPS) is 25.5. The summed E-state index contributed by atoms with van der Waals surface area (Å²) >= 11 is 0. The molecule has 17 heavy (non-hydrogen) atoms. The van der Waals surface area contributed by atoms with Crippen molar-refractivity contribution in [1.29, 1.82) is 0 Å². The van der Waals surface area contributed by atoms with Crippen LogP contribution < -0.4 is 0 Å². The molecule has 2 aliphatic rings. The lowest BCUT2D eigenvalue weighted by Crippen LogP contribution is -1.84. The molecule has 2 atom stereocenters.